The summed E-state index contributed by atoms with van der Waals surface area (Å²) < 4.78 is 0. The quantitative estimate of drug-likeness (QED) is 0.604. The van der Waals surface area contributed by atoms with Crippen LogP contribution in [0.15, 0.2) is 12.3 Å². The number of aromatic nitrogens is 2. The van der Waals surface area contributed by atoms with Crippen molar-refractivity contribution in [3.05, 3.63) is 23.8 Å². The van der Waals surface area contributed by atoms with Crippen LogP contribution in [0, 0.1) is 6.92 Å². The zero-order valence-corrected chi connectivity index (χ0v) is 5.68. The maximum Gasteiger partial charge on any atom is 0.129 e. The second-order valence-electron chi connectivity index (χ2n) is 1.95. The fourth-order valence-electron chi connectivity index (χ4n) is 0.675. The molecule has 2 heteroatoms. The summed E-state index contributed by atoms with van der Waals surface area (Å²) in [6.45, 7) is 3.96. The Labute approximate surface area is 54.6 Å². The molecule has 0 spiro atoms. The van der Waals surface area contributed by atoms with Gasteiger partial charge in [0.2, 0.25) is 0 Å². The zero-order chi connectivity index (χ0) is 6.69. The molecule has 0 amide bonds. The normalized spacial score (nSPS) is 10.9. The molecule has 0 aliphatic heterocycles. The predicted octanol–water partition coefficient (Wildman–Crippen LogP) is 1.75. The van der Waals surface area contributed by atoms with Gasteiger partial charge in [0.25, 0.3) is 0 Å². The van der Waals surface area contributed by atoms with Crippen LogP contribution in [0.5, 0.6) is 0 Å². The lowest BCUT2D eigenvalue weighted by molar-refractivity contribution is 1.22. The molecule has 0 bridgehead atoms. The minimum atomic E-state index is 0.926. The van der Waals surface area contributed by atoms with E-state index in [9.17, 15) is 0 Å². The molecule has 0 aromatic carbocycles. The Bertz CT molecular complexity index is 210. The third kappa shape index (κ3) is 1.42. The standard InChI is InChI=1S/C7H10N2/c1-3-4-7-8-5-6(2)9-7/h3-5H,1-2H3,(H,8,9)/b4-3-. The van der Waals surface area contributed by atoms with Gasteiger partial charge in [-0.25, -0.2) is 4.98 Å². The Morgan fingerprint density at radius 2 is 2.44 bits per heavy atom. The Morgan fingerprint density at radius 3 is 2.89 bits per heavy atom. The Hall–Kier alpha value is -1.05. The van der Waals surface area contributed by atoms with Crippen molar-refractivity contribution in [2.24, 2.45) is 0 Å². The molecule has 0 aliphatic carbocycles. The minimum Gasteiger partial charge on any atom is -0.343 e. The van der Waals surface area contributed by atoms with Crippen LogP contribution in [-0.4, -0.2) is 9.97 Å². The van der Waals surface area contributed by atoms with Gasteiger partial charge >= 0.3 is 0 Å². The number of nitrogens with one attached hydrogen (secondary N) is 1. The van der Waals surface area contributed by atoms with Crippen molar-refractivity contribution < 1.29 is 0 Å². The number of imidazole rings is 1. The number of hydrogen-bond donors (Lipinski definition) is 1. The highest BCUT2D eigenvalue weighted by Gasteiger charge is 1.87. The summed E-state index contributed by atoms with van der Waals surface area (Å²) in [5, 5.41) is 0. The summed E-state index contributed by atoms with van der Waals surface area (Å²) >= 11 is 0. The second-order valence-corrected chi connectivity index (χ2v) is 1.95. The first-order valence-electron chi connectivity index (χ1n) is 2.97. The highest BCUT2D eigenvalue weighted by molar-refractivity contribution is 5.39. The van der Waals surface area contributed by atoms with Crippen molar-refractivity contribution in [1.82, 2.24) is 9.97 Å². The van der Waals surface area contributed by atoms with Crippen LogP contribution in [-0.2, 0) is 0 Å². The Morgan fingerprint density at radius 1 is 1.67 bits per heavy atom. The van der Waals surface area contributed by atoms with Crippen LogP contribution in [0.2, 0.25) is 0 Å². The lowest BCUT2D eigenvalue weighted by atomic mass is 10.5. The molecule has 0 aliphatic rings. The first kappa shape index (κ1) is 6.08. The fraction of sp³-hybridized carbons (Fsp3) is 0.286. The Balaban J connectivity index is 2.85. The summed E-state index contributed by atoms with van der Waals surface area (Å²) in [6.07, 6.45) is 5.71. The highest BCUT2D eigenvalue weighted by atomic mass is 14.9. The molecule has 0 atom stereocenters. The van der Waals surface area contributed by atoms with Gasteiger partial charge in [0.1, 0.15) is 5.82 Å². The van der Waals surface area contributed by atoms with E-state index >= 15 is 0 Å². The minimum absolute atomic E-state index is 0.926. The number of H-pyrrole nitrogens is 1. The van der Waals surface area contributed by atoms with Gasteiger partial charge in [0.05, 0.1) is 0 Å². The Kier molecular flexibility index (Phi) is 1.68. The second kappa shape index (κ2) is 2.49. The van der Waals surface area contributed by atoms with Crippen molar-refractivity contribution in [3.63, 3.8) is 0 Å². The lowest BCUT2D eigenvalue weighted by Crippen LogP contribution is -1.72. The molecule has 0 fully saturated rings. The number of allylic oxidation sites excluding steroid dienone is 1. The summed E-state index contributed by atoms with van der Waals surface area (Å²) in [5.41, 5.74) is 1.10. The molecular formula is C7H10N2. The van der Waals surface area contributed by atoms with E-state index in [1.807, 2.05) is 32.2 Å². The first-order valence-corrected chi connectivity index (χ1v) is 2.97. The average molecular weight is 122 g/mol. The van der Waals surface area contributed by atoms with Crippen LogP contribution in [0.3, 0.4) is 0 Å². The molecule has 1 N–H and O–H groups in total. The van der Waals surface area contributed by atoms with E-state index in [2.05, 4.69) is 9.97 Å². The van der Waals surface area contributed by atoms with Gasteiger partial charge in [-0.1, -0.05) is 6.08 Å². The van der Waals surface area contributed by atoms with Gasteiger partial charge < -0.3 is 4.98 Å². The van der Waals surface area contributed by atoms with E-state index in [-0.39, 0.29) is 0 Å². The average Bonchev–Trinajstić information content (AvgIpc) is 2.17. The zero-order valence-electron chi connectivity index (χ0n) is 5.68. The third-order valence-corrected chi connectivity index (χ3v) is 1.05. The first-order chi connectivity index (χ1) is 4.33. The molecule has 1 rings (SSSR count). The molecule has 48 valence electrons. The van der Waals surface area contributed by atoms with Crippen LogP contribution >= 0.6 is 0 Å². The van der Waals surface area contributed by atoms with E-state index < -0.39 is 0 Å². The smallest absolute Gasteiger partial charge is 0.129 e. The molecule has 1 aromatic rings. The molecule has 0 saturated carbocycles. The van der Waals surface area contributed by atoms with Crippen LogP contribution in [0.1, 0.15) is 18.4 Å². The number of nitrogens with zero attached hydrogens (tertiary/aromatic N) is 1. The number of aryl methyl sites for hydroxylation is 1. The third-order valence-electron chi connectivity index (χ3n) is 1.05. The summed E-state index contributed by atoms with van der Waals surface area (Å²) in [4.78, 5) is 7.14. The maximum atomic E-state index is 4.06. The molecule has 1 aromatic heterocycles. The van der Waals surface area contributed by atoms with Crippen LogP contribution < -0.4 is 0 Å². The van der Waals surface area contributed by atoms with Crippen molar-refractivity contribution in [1.29, 1.82) is 0 Å². The summed E-state index contributed by atoms with van der Waals surface area (Å²) in [5.74, 6) is 0.926. The van der Waals surface area contributed by atoms with E-state index in [4.69, 9.17) is 0 Å². The number of aromatic amines is 1. The van der Waals surface area contributed by atoms with Crippen molar-refractivity contribution >= 4 is 6.08 Å². The number of rotatable bonds is 1. The fourth-order valence-corrected chi connectivity index (χ4v) is 0.675. The van der Waals surface area contributed by atoms with Gasteiger partial charge in [-0.3, -0.25) is 0 Å². The van der Waals surface area contributed by atoms with E-state index in [0.29, 0.717) is 0 Å². The van der Waals surface area contributed by atoms with E-state index in [1.54, 1.807) is 0 Å². The van der Waals surface area contributed by atoms with E-state index in [0.717, 1.165) is 11.5 Å². The summed E-state index contributed by atoms with van der Waals surface area (Å²) in [7, 11) is 0. The maximum absolute atomic E-state index is 4.06. The van der Waals surface area contributed by atoms with Crippen molar-refractivity contribution in [2.75, 3.05) is 0 Å². The molecule has 0 unspecified atom stereocenters. The topological polar surface area (TPSA) is 28.7 Å². The van der Waals surface area contributed by atoms with Crippen LogP contribution in [0.25, 0.3) is 6.08 Å². The SMILES string of the molecule is C/C=C\c1ncc(C)[nH]1. The van der Waals surface area contributed by atoms with Crippen LogP contribution in [0.4, 0.5) is 0 Å². The van der Waals surface area contributed by atoms with Gasteiger partial charge in [0, 0.05) is 11.9 Å². The van der Waals surface area contributed by atoms with Gasteiger partial charge in [-0.05, 0) is 19.9 Å². The molecule has 1 heterocycles. The highest BCUT2D eigenvalue weighted by Crippen LogP contribution is 1.95. The predicted molar refractivity (Wildman–Crippen MR) is 38.0 cm³/mol. The molecule has 2 nitrogen and oxygen atoms in total. The van der Waals surface area contributed by atoms with E-state index in [1.165, 1.54) is 0 Å². The molecule has 0 radical (unpaired) electrons. The molecule has 0 saturated heterocycles. The van der Waals surface area contributed by atoms with Gasteiger partial charge in [0.15, 0.2) is 0 Å². The monoisotopic (exact) mass is 122 g/mol. The summed E-state index contributed by atoms with van der Waals surface area (Å²) in [6, 6.07) is 0. The van der Waals surface area contributed by atoms with Gasteiger partial charge in [-0.15, -0.1) is 0 Å². The molecular weight excluding hydrogens is 112 g/mol. The largest absolute Gasteiger partial charge is 0.343 e. The number of hydrogen-bond acceptors (Lipinski definition) is 1. The van der Waals surface area contributed by atoms with Crippen molar-refractivity contribution in [3.8, 4) is 0 Å². The van der Waals surface area contributed by atoms with Crippen molar-refractivity contribution in [2.45, 2.75) is 13.8 Å². The lowest BCUT2D eigenvalue weighted by Gasteiger charge is -1.79. The molecule has 9 heavy (non-hydrogen) atoms. The van der Waals surface area contributed by atoms with Gasteiger partial charge in [-0.2, -0.15) is 0 Å².